The van der Waals surface area contributed by atoms with Crippen LogP contribution in [0.1, 0.15) is 5.56 Å². The molecular formula is C21H16F2N4O. The van der Waals surface area contributed by atoms with Gasteiger partial charge >= 0.3 is 6.01 Å². The molecule has 7 heteroatoms. The molecule has 0 spiro atoms. The number of ether oxygens (including phenoxy) is 1. The molecule has 4 aromatic rings. The number of anilines is 1. The van der Waals surface area contributed by atoms with Crippen molar-refractivity contribution in [1.82, 2.24) is 14.8 Å². The first-order valence-electron chi connectivity index (χ1n) is 8.55. The normalized spacial score (nSPS) is 10.8. The summed E-state index contributed by atoms with van der Waals surface area (Å²) in [5, 5.41) is 4.39. The highest BCUT2D eigenvalue weighted by molar-refractivity contribution is 5.59. The molecule has 0 aliphatic carbocycles. The van der Waals surface area contributed by atoms with Gasteiger partial charge in [-0.15, -0.1) is 5.10 Å². The van der Waals surface area contributed by atoms with Crippen LogP contribution < -0.4 is 10.5 Å². The monoisotopic (exact) mass is 378 g/mol. The first-order chi connectivity index (χ1) is 13.6. The van der Waals surface area contributed by atoms with Crippen molar-refractivity contribution in [3.63, 3.8) is 0 Å². The Morgan fingerprint density at radius 1 is 0.893 bits per heavy atom. The smallest absolute Gasteiger partial charge is 0.336 e. The molecule has 2 N–H and O–H groups in total. The highest BCUT2D eigenvalue weighted by atomic mass is 19.1. The number of nitrogens with two attached hydrogens (primary N) is 1. The molecule has 0 fully saturated rings. The average molecular weight is 378 g/mol. The van der Waals surface area contributed by atoms with Crippen molar-refractivity contribution in [3.8, 4) is 23.1 Å². The van der Waals surface area contributed by atoms with E-state index in [1.165, 1.54) is 24.3 Å². The Hall–Kier alpha value is -3.74. The summed E-state index contributed by atoms with van der Waals surface area (Å²) >= 11 is 0. The molecule has 0 radical (unpaired) electrons. The van der Waals surface area contributed by atoms with E-state index in [0.29, 0.717) is 22.8 Å². The number of aromatic nitrogens is 3. The van der Waals surface area contributed by atoms with Crippen molar-refractivity contribution < 1.29 is 13.5 Å². The number of hydrogen-bond donors (Lipinski definition) is 1. The number of rotatable bonds is 5. The minimum absolute atomic E-state index is 0.125. The second-order valence-electron chi connectivity index (χ2n) is 6.15. The van der Waals surface area contributed by atoms with Gasteiger partial charge < -0.3 is 10.5 Å². The van der Waals surface area contributed by atoms with Crippen molar-refractivity contribution in [2.24, 2.45) is 0 Å². The van der Waals surface area contributed by atoms with E-state index in [9.17, 15) is 8.78 Å². The lowest BCUT2D eigenvalue weighted by atomic mass is 10.2. The van der Waals surface area contributed by atoms with Gasteiger partial charge in [-0.2, -0.15) is 4.98 Å². The van der Waals surface area contributed by atoms with Crippen LogP contribution in [0.15, 0.2) is 72.8 Å². The van der Waals surface area contributed by atoms with E-state index in [4.69, 9.17) is 10.5 Å². The first kappa shape index (κ1) is 17.7. The third-order valence-electron chi connectivity index (χ3n) is 4.09. The molecule has 4 rings (SSSR count). The van der Waals surface area contributed by atoms with Crippen molar-refractivity contribution in [2.75, 3.05) is 5.73 Å². The summed E-state index contributed by atoms with van der Waals surface area (Å²) in [5.41, 5.74) is 8.41. The highest BCUT2D eigenvalue weighted by Crippen LogP contribution is 2.25. The van der Waals surface area contributed by atoms with Crippen molar-refractivity contribution in [3.05, 3.63) is 90.0 Å². The zero-order valence-electron chi connectivity index (χ0n) is 14.7. The van der Waals surface area contributed by atoms with Gasteiger partial charge in [-0.3, -0.25) is 0 Å². The summed E-state index contributed by atoms with van der Waals surface area (Å²) in [6.07, 6.45) is 0. The van der Waals surface area contributed by atoms with E-state index in [1.54, 1.807) is 53.2 Å². The second kappa shape index (κ2) is 7.48. The number of halogens is 2. The van der Waals surface area contributed by atoms with Crippen LogP contribution in [-0.2, 0) is 6.61 Å². The molecule has 1 aromatic heterocycles. The number of hydrogen-bond acceptors (Lipinski definition) is 4. The molecule has 28 heavy (non-hydrogen) atoms. The van der Waals surface area contributed by atoms with Gasteiger partial charge in [-0.1, -0.05) is 24.3 Å². The lowest BCUT2D eigenvalue weighted by Crippen LogP contribution is -2.01. The molecule has 0 unspecified atom stereocenters. The maximum absolute atomic E-state index is 13.7. The van der Waals surface area contributed by atoms with Gasteiger partial charge in [0.25, 0.3) is 0 Å². The molecule has 5 nitrogen and oxygen atoms in total. The molecule has 0 saturated carbocycles. The molecule has 0 atom stereocenters. The fraction of sp³-hybridized carbons (Fsp3) is 0.0476. The fourth-order valence-electron chi connectivity index (χ4n) is 2.69. The summed E-state index contributed by atoms with van der Waals surface area (Å²) in [6, 6.07) is 19.2. The van der Waals surface area contributed by atoms with E-state index in [1.807, 2.05) is 0 Å². The van der Waals surface area contributed by atoms with Crippen LogP contribution in [0.4, 0.5) is 14.5 Å². The molecule has 0 aliphatic heterocycles. The Bertz CT molecular complexity index is 1090. The SMILES string of the molecule is Nc1ccc(-n2nc(OCc3ccc(F)cc3)nc2-c2cccc(F)c2)cc1. The van der Waals surface area contributed by atoms with Crippen LogP contribution in [0.5, 0.6) is 6.01 Å². The summed E-state index contributed by atoms with van der Waals surface area (Å²) < 4.78 is 34.0. The standard InChI is InChI=1S/C21H16F2N4O/c22-16-6-4-14(5-7-16)13-28-21-25-20(15-2-1-3-17(23)12-15)27(26-21)19-10-8-18(24)9-11-19/h1-12H,13,24H2. The second-order valence-corrected chi connectivity index (χ2v) is 6.15. The van der Waals surface area contributed by atoms with Crippen molar-refractivity contribution >= 4 is 5.69 Å². The third kappa shape index (κ3) is 3.83. The number of benzene rings is 3. The fourth-order valence-corrected chi connectivity index (χ4v) is 2.69. The van der Waals surface area contributed by atoms with Crippen LogP contribution in [0, 0.1) is 11.6 Å². The minimum Gasteiger partial charge on any atom is -0.457 e. The molecule has 0 bridgehead atoms. The molecular weight excluding hydrogens is 362 g/mol. The van der Waals surface area contributed by atoms with E-state index < -0.39 is 0 Å². The van der Waals surface area contributed by atoms with E-state index in [-0.39, 0.29) is 24.3 Å². The van der Waals surface area contributed by atoms with E-state index >= 15 is 0 Å². The first-order valence-corrected chi connectivity index (χ1v) is 8.55. The predicted molar refractivity (Wildman–Crippen MR) is 102 cm³/mol. The molecule has 140 valence electrons. The maximum Gasteiger partial charge on any atom is 0.336 e. The van der Waals surface area contributed by atoms with Crippen LogP contribution in [-0.4, -0.2) is 14.8 Å². The van der Waals surface area contributed by atoms with E-state index in [0.717, 1.165) is 5.56 Å². The quantitative estimate of drug-likeness (QED) is 0.524. The van der Waals surface area contributed by atoms with Crippen molar-refractivity contribution in [1.29, 1.82) is 0 Å². The van der Waals surface area contributed by atoms with Gasteiger partial charge in [0.05, 0.1) is 5.69 Å². The molecule has 0 saturated heterocycles. The Morgan fingerprint density at radius 2 is 1.64 bits per heavy atom. The van der Waals surface area contributed by atoms with Gasteiger partial charge in [-0.05, 0) is 54.1 Å². The third-order valence-corrected chi connectivity index (χ3v) is 4.09. The summed E-state index contributed by atoms with van der Waals surface area (Å²) in [6.45, 7) is 0.175. The lowest BCUT2D eigenvalue weighted by molar-refractivity contribution is 0.281. The number of nitrogens with zero attached hydrogens (tertiary/aromatic N) is 3. The number of nitrogen functional groups attached to an aromatic ring is 1. The van der Waals surface area contributed by atoms with Crippen LogP contribution in [0.3, 0.4) is 0 Å². The Kier molecular flexibility index (Phi) is 4.72. The van der Waals surface area contributed by atoms with Gasteiger partial charge in [0.2, 0.25) is 0 Å². The summed E-state index contributed by atoms with van der Waals surface area (Å²) in [5.74, 6) is -0.264. The summed E-state index contributed by atoms with van der Waals surface area (Å²) in [4.78, 5) is 4.41. The zero-order chi connectivity index (χ0) is 19.5. The van der Waals surface area contributed by atoms with E-state index in [2.05, 4.69) is 10.1 Å². The van der Waals surface area contributed by atoms with Crippen LogP contribution in [0.2, 0.25) is 0 Å². The average Bonchev–Trinajstić information content (AvgIpc) is 3.12. The largest absolute Gasteiger partial charge is 0.457 e. The molecule has 1 heterocycles. The highest BCUT2D eigenvalue weighted by Gasteiger charge is 2.15. The van der Waals surface area contributed by atoms with Crippen LogP contribution >= 0.6 is 0 Å². The van der Waals surface area contributed by atoms with Gasteiger partial charge in [0.15, 0.2) is 5.82 Å². The molecule has 0 aliphatic rings. The predicted octanol–water partition coefficient (Wildman–Crippen LogP) is 4.37. The summed E-state index contributed by atoms with van der Waals surface area (Å²) in [7, 11) is 0. The Morgan fingerprint density at radius 3 is 2.36 bits per heavy atom. The molecule has 0 amide bonds. The topological polar surface area (TPSA) is 66.0 Å². The van der Waals surface area contributed by atoms with Crippen LogP contribution in [0.25, 0.3) is 17.1 Å². The zero-order valence-corrected chi connectivity index (χ0v) is 14.7. The molecule has 3 aromatic carbocycles. The van der Waals surface area contributed by atoms with Gasteiger partial charge in [-0.25, -0.2) is 13.5 Å². The minimum atomic E-state index is -0.377. The maximum atomic E-state index is 13.7. The Labute approximate surface area is 160 Å². The van der Waals surface area contributed by atoms with Gasteiger partial charge in [0.1, 0.15) is 18.2 Å². The Balaban J connectivity index is 1.69. The van der Waals surface area contributed by atoms with Crippen molar-refractivity contribution in [2.45, 2.75) is 6.61 Å². The van der Waals surface area contributed by atoms with Gasteiger partial charge in [0, 0.05) is 11.3 Å². The lowest BCUT2D eigenvalue weighted by Gasteiger charge is -2.06.